The van der Waals surface area contributed by atoms with Gasteiger partial charge in [-0.25, -0.2) is 4.68 Å². The lowest BCUT2D eigenvalue weighted by Crippen LogP contribution is -2.63. The van der Waals surface area contributed by atoms with Crippen LogP contribution in [0.3, 0.4) is 0 Å². The van der Waals surface area contributed by atoms with Crippen molar-refractivity contribution >= 4 is 5.78 Å². The molecule has 0 unspecified atom stereocenters. The highest BCUT2D eigenvalue weighted by Gasteiger charge is 2.76. The monoisotopic (exact) mass is 533 g/mol. The molecule has 8 nitrogen and oxygen atoms in total. The number of aliphatic hydroxyl groups excluding tert-OH is 2. The summed E-state index contributed by atoms with van der Waals surface area (Å²) in [4.78, 5) is 14.6. The van der Waals surface area contributed by atoms with Crippen LogP contribution >= 0.6 is 0 Å². The number of ether oxygens (including phenoxy) is 1. The SMILES string of the molecule is CC1=C[C@]23C(=O)[C@@H](C=C(CO)[C@@H](O)[C@]2(O)[C@H]1n1cc(C(C)(C)Oc2ccccc2)nn1)[C@H]1[C@@H](C[C@H]3C)C1(C)C. The molecule has 1 aromatic carbocycles. The maximum atomic E-state index is 14.6. The number of allylic oxidation sites excluding steroid dienone is 1. The van der Waals surface area contributed by atoms with Gasteiger partial charge in [-0.15, -0.1) is 5.10 Å². The Morgan fingerprint density at radius 1 is 1.21 bits per heavy atom. The van der Waals surface area contributed by atoms with Crippen LogP contribution in [-0.2, 0) is 10.4 Å². The van der Waals surface area contributed by atoms with Gasteiger partial charge in [-0.1, -0.05) is 56.3 Å². The molecule has 2 fully saturated rings. The lowest BCUT2D eigenvalue weighted by atomic mass is 9.58. The van der Waals surface area contributed by atoms with Crippen LogP contribution in [0.25, 0.3) is 0 Å². The maximum absolute atomic E-state index is 14.6. The zero-order chi connectivity index (χ0) is 28.1. The first-order valence-electron chi connectivity index (χ1n) is 13.9. The van der Waals surface area contributed by atoms with Crippen molar-refractivity contribution in [3.05, 3.63) is 65.5 Å². The molecule has 39 heavy (non-hydrogen) atoms. The van der Waals surface area contributed by atoms with Gasteiger partial charge in [0.25, 0.3) is 0 Å². The second-order valence-corrected chi connectivity index (χ2v) is 13.3. The first-order valence-corrected chi connectivity index (χ1v) is 13.9. The molecule has 1 aromatic heterocycles. The largest absolute Gasteiger partial charge is 0.481 e. The summed E-state index contributed by atoms with van der Waals surface area (Å²) in [7, 11) is 0. The molecule has 4 aliphatic carbocycles. The Hall–Kier alpha value is -2.81. The van der Waals surface area contributed by atoms with Crippen LogP contribution in [0.5, 0.6) is 5.75 Å². The van der Waals surface area contributed by atoms with Gasteiger partial charge in [0.15, 0.2) is 5.78 Å². The highest BCUT2D eigenvalue weighted by Crippen LogP contribution is 2.72. The number of aliphatic hydroxyl groups is 3. The minimum absolute atomic E-state index is 0.0113. The van der Waals surface area contributed by atoms with E-state index in [1.165, 1.54) is 0 Å². The summed E-state index contributed by atoms with van der Waals surface area (Å²) in [5.74, 6) is 0.355. The normalized spacial score (nSPS) is 38.6. The summed E-state index contributed by atoms with van der Waals surface area (Å²) < 4.78 is 7.77. The number of hydrogen-bond donors (Lipinski definition) is 3. The molecule has 208 valence electrons. The summed E-state index contributed by atoms with van der Waals surface area (Å²) in [5.41, 5.74) is -2.55. The molecule has 2 saturated carbocycles. The molecule has 4 aliphatic rings. The minimum Gasteiger partial charge on any atom is -0.481 e. The van der Waals surface area contributed by atoms with Gasteiger partial charge in [0, 0.05) is 5.92 Å². The number of carbonyl (C=O) groups excluding carboxylic acids is 1. The van der Waals surface area contributed by atoms with E-state index < -0.39 is 41.3 Å². The Morgan fingerprint density at radius 2 is 1.90 bits per heavy atom. The summed E-state index contributed by atoms with van der Waals surface area (Å²) >= 11 is 0. The Balaban J connectivity index is 1.45. The number of hydrogen-bond acceptors (Lipinski definition) is 7. The molecule has 0 aliphatic heterocycles. The number of fused-ring (bicyclic) bond motifs is 3. The molecule has 1 heterocycles. The predicted molar refractivity (Wildman–Crippen MR) is 145 cm³/mol. The Morgan fingerprint density at radius 3 is 2.56 bits per heavy atom. The molecule has 8 atom stereocenters. The van der Waals surface area contributed by atoms with E-state index in [-0.39, 0.29) is 28.6 Å². The molecule has 0 amide bonds. The maximum Gasteiger partial charge on any atom is 0.153 e. The fraction of sp³-hybridized carbons (Fsp3) is 0.581. The molecule has 8 heteroatoms. The van der Waals surface area contributed by atoms with Crippen molar-refractivity contribution in [2.24, 2.45) is 34.5 Å². The Kier molecular flexibility index (Phi) is 5.66. The van der Waals surface area contributed by atoms with Gasteiger partial charge < -0.3 is 20.1 Å². The number of rotatable bonds is 5. The van der Waals surface area contributed by atoms with Gasteiger partial charge in [-0.05, 0) is 73.6 Å². The Labute approximate surface area is 229 Å². The topological polar surface area (TPSA) is 118 Å². The number of nitrogens with zero attached hydrogens (tertiary/aromatic N) is 3. The second-order valence-electron chi connectivity index (χ2n) is 13.3. The van der Waals surface area contributed by atoms with Crippen molar-refractivity contribution in [2.45, 2.75) is 71.3 Å². The third-order valence-electron chi connectivity index (χ3n) is 10.4. The van der Waals surface area contributed by atoms with Crippen LogP contribution in [0, 0.1) is 34.5 Å². The van der Waals surface area contributed by atoms with Gasteiger partial charge in [0.2, 0.25) is 0 Å². The molecular weight excluding hydrogens is 494 g/mol. The molecule has 2 bridgehead atoms. The average molecular weight is 534 g/mol. The van der Waals surface area contributed by atoms with E-state index in [0.29, 0.717) is 17.4 Å². The highest BCUT2D eigenvalue weighted by molar-refractivity contribution is 5.95. The number of benzene rings is 1. The van der Waals surface area contributed by atoms with Crippen molar-refractivity contribution in [2.75, 3.05) is 6.61 Å². The van der Waals surface area contributed by atoms with Gasteiger partial charge in [-0.2, -0.15) is 0 Å². The number of aromatic nitrogens is 3. The van der Waals surface area contributed by atoms with E-state index in [0.717, 1.165) is 12.0 Å². The van der Waals surface area contributed by atoms with E-state index in [1.807, 2.05) is 64.1 Å². The molecule has 0 saturated heterocycles. The van der Waals surface area contributed by atoms with Crippen LogP contribution < -0.4 is 4.74 Å². The number of Topliss-reactive ketones (excluding diaryl/α,β-unsaturated/α-hetero) is 1. The fourth-order valence-corrected chi connectivity index (χ4v) is 8.35. The fourth-order valence-electron chi connectivity index (χ4n) is 8.35. The summed E-state index contributed by atoms with van der Waals surface area (Å²) in [6.07, 6.45) is 4.68. The van der Waals surface area contributed by atoms with Crippen molar-refractivity contribution in [1.29, 1.82) is 0 Å². The minimum atomic E-state index is -1.95. The summed E-state index contributed by atoms with van der Waals surface area (Å²) in [6.45, 7) is 11.6. The molecule has 2 aromatic rings. The van der Waals surface area contributed by atoms with E-state index >= 15 is 0 Å². The zero-order valence-electron chi connectivity index (χ0n) is 23.5. The first-order chi connectivity index (χ1) is 18.3. The number of para-hydroxylation sites is 1. The van der Waals surface area contributed by atoms with Crippen LogP contribution in [0.2, 0.25) is 0 Å². The molecule has 1 spiro atoms. The molecular formula is C31H39N3O5. The van der Waals surface area contributed by atoms with Crippen molar-refractivity contribution < 1.29 is 24.9 Å². The Bertz CT molecular complexity index is 1380. The van der Waals surface area contributed by atoms with Gasteiger partial charge >= 0.3 is 0 Å². The van der Waals surface area contributed by atoms with E-state index in [2.05, 4.69) is 24.2 Å². The van der Waals surface area contributed by atoms with Crippen molar-refractivity contribution in [1.82, 2.24) is 15.0 Å². The number of ketones is 1. The van der Waals surface area contributed by atoms with Gasteiger partial charge in [-0.3, -0.25) is 4.79 Å². The quantitative estimate of drug-likeness (QED) is 0.503. The smallest absolute Gasteiger partial charge is 0.153 e. The average Bonchev–Trinajstić information content (AvgIpc) is 3.18. The third kappa shape index (κ3) is 3.37. The highest BCUT2D eigenvalue weighted by atomic mass is 16.5. The van der Waals surface area contributed by atoms with Crippen molar-refractivity contribution in [3.63, 3.8) is 0 Å². The van der Waals surface area contributed by atoms with Crippen LogP contribution in [0.4, 0.5) is 0 Å². The van der Waals surface area contributed by atoms with E-state index in [9.17, 15) is 20.1 Å². The van der Waals surface area contributed by atoms with Crippen molar-refractivity contribution in [3.8, 4) is 5.75 Å². The lowest BCUT2D eigenvalue weighted by molar-refractivity contribution is -0.175. The molecule has 0 radical (unpaired) electrons. The number of carbonyl (C=O) groups is 1. The van der Waals surface area contributed by atoms with E-state index in [4.69, 9.17) is 4.74 Å². The predicted octanol–water partition coefficient (Wildman–Crippen LogP) is 3.60. The zero-order valence-corrected chi connectivity index (χ0v) is 23.5. The summed E-state index contributed by atoms with van der Waals surface area (Å²) in [5, 5.41) is 43.8. The molecule has 6 rings (SSSR count). The van der Waals surface area contributed by atoms with Crippen LogP contribution in [0.15, 0.2) is 59.8 Å². The van der Waals surface area contributed by atoms with Gasteiger partial charge in [0.05, 0.1) is 18.2 Å². The third-order valence-corrected chi connectivity index (χ3v) is 10.4. The molecule has 3 N–H and O–H groups in total. The lowest BCUT2D eigenvalue weighted by Gasteiger charge is -2.49. The van der Waals surface area contributed by atoms with E-state index in [1.54, 1.807) is 17.0 Å². The van der Waals surface area contributed by atoms with Crippen LogP contribution in [0.1, 0.15) is 59.7 Å². The second kappa shape index (κ2) is 8.35. The van der Waals surface area contributed by atoms with Crippen LogP contribution in [-0.4, -0.2) is 54.4 Å². The summed E-state index contributed by atoms with van der Waals surface area (Å²) in [6, 6.07) is 8.59. The van der Waals surface area contributed by atoms with Gasteiger partial charge in [0.1, 0.15) is 34.8 Å². The standard InChI is InChI=1S/C31H39N3O5/c1-17-14-30-18(2)12-22-24(28(22,3)4)21(27(30)37)13-19(16-35)26(36)31(30,38)25(17)34-15-23(32-33-34)29(5,6)39-20-10-8-7-9-11-20/h7-11,13-15,18,21-22,24-26,35-36,38H,12,16H2,1-6H3/t18-,21+,22-,24+,25+,26-,30+,31-/m1/s1. The first kappa shape index (κ1) is 26.4.